The molecule has 0 saturated carbocycles. The van der Waals surface area contributed by atoms with Gasteiger partial charge < -0.3 is 14.3 Å². The van der Waals surface area contributed by atoms with Crippen LogP contribution in [0.4, 0.5) is 0 Å². The zero-order chi connectivity index (χ0) is 15.5. The molecule has 0 aliphatic heterocycles. The lowest BCUT2D eigenvalue weighted by molar-refractivity contribution is 0.0692. The van der Waals surface area contributed by atoms with Crippen molar-refractivity contribution in [2.24, 2.45) is 0 Å². The summed E-state index contributed by atoms with van der Waals surface area (Å²) in [6.07, 6.45) is 0. The third-order valence-corrected chi connectivity index (χ3v) is 3.18. The maximum atomic E-state index is 11.5. The maximum Gasteiger partial charge on any atom is 0.351 e. The van der Waals surface area contributed by atoms with Gasteiger partial charge in [0.25, 0.3) is 0 Å². The molecule has 2 aromatic carbocycles. The van der Waals surface area contributed by atoms with Gasteiger partial charge in [0, 0.05) is 5.39 Å². The standard InChI is InChI=1S/C17H12O5/c18-16(19)14-9-12-8-13(6-7-15(12)22-17(14)20)21-10-11-4-2-1-3-5-11/h1-9H,10H2,(H,18,19). The molecular formula is C17H12O5. The summed E-state index contributed by atoms with van der Waals surface area (Å²) in [7, 11) is 0. The van der Waals surface area contributed by atoms with Crippen LogP contribution in [0.25, 0.3) is 11.0 Å². The predicted molar refractivity (Wildman–Crippen MR) is 80.2 cm³/mol. The highest BCUT2D eigenvalue weighted by Gasteiger charge is 2.12. The third-order valence-electron chi connectivity index (χ3n) is 3.18. The highest BCUT2D eigenvalue weighted by molar-refractivity contribution is 5.91. The molecule has 0 aliphatic rings. The molecule has 0 fully saturated rings. The molecular weight excluding hydrogens is 284 g/mol. The molecule has 0 spiro atoms. The number of carboxylic acids is 1. The van der Waals surface area contributed by atoms with Crippen molar-refractivity contribution in [1.82, 2.24) is 0 Å². The second-order valence-electron chi connectivity index (χ2n) is 4.73. The van der Waals surface area contributed by atoms with Crippen molar-refractivity contribution in [3.63, 3.8) is 0 Å². The first-order chi connectivity index (χ1) is 10.6. The fourth-order valence-electron chi connectivity index (χ4n) is 2.08. The van der Waals surface area contributed by atoms with E-state index in [9.17, 15) is 9.59 Å². The maximum absolute atomic E-state index is 11.5. The Labute approximate surface area is 125 Å². The van der Waals surface area contributed by atoms with Crippen LogP contribution < -0.4 is 10.4 Å². The number of carbonyl (C=O) groups is 1. The fraction of sp³-hybridized carbons (Fsp3) is 0.0588. The van der Waals surface area contributed by atoms with Crippen LogP contribution in [0.5, 0.6) is 5.75 Å². The Morgan fingerprint density at radius 3 is 2.59 bits per heavy atom. The van der Waals surface area contributed by atoms with Crippen LogP contribution in [-0.4, -0.2) is 11.1 Å². The van der Waals surface area contributed by atoms with E-state index in [2.05, 4.69) is 0 Å². The van der Waals surface area contributed by atoms with Crippen molar-refractivity contribution in [3.05, 3.63) is 76.1 Å². The summed E-state index contributed by atoms with van der Waals surface area (Å²) in [5, 5.41) is 9.46. The molecule has 3 rings (SSSR count). The minimum absolute atomic E-state index is 0.321. The molecule has 0 radical (unpaired) electrons. The van der Waals surface area contributed by atoms with Crippen molar-refractivity contribution in [2.45, 2.75) is 6.61 Å². The SMILES string of the molecule is O=C(O)c1cc2cc(OCc3ccccc3)ccc2oc1=O. The number of rotatable bonds is 4. The molecule has 0 bridgehead atoms. The first kappa shape index (κ1) is 13.9. The molecule has 1 N–H and O–H groups in total. The van der Waals surface area contributed by atoms with Gasteiger partial charge in [-0.25, -0.2) is 9.59 Å². The van der Waals surface area contributed by atoms with E-state index < -0.39 is 17.2 Å². The molecule has 3 aromatic rings. The number of hydrogen-bond donors (Lipinski definition) is 1. The van der Waals surface area contributed by atoms with Gasteiger partial charge in [0.05, 0.1) is 0 Å². The lowest BCUT2D eigenvalue weighted by Crippen LogP contribution is -2.12. The van der Waals surface area contributed by atoms with Gasteiger partial charge >= 0.3 is 11.6 Å². The van der Waals surface area contributed by atoms with Crippen molar-refractivity contribution in [1.29, 1.82) is 0 Å². The Morgan fingerprint density at radius 1 is 1.09 bits per heavy atom. The van der Waals surface area contributed by atoms with E-state index in [0.29, 0.717) is 23.3 Å². The third kappa shape index (κ3) is 2.83. The number of aromatic carboxylic acids is 1. The van der Waals surface area contributed by atoms with Gasteiger partial charge in [0.1, 0.15) is 23.5 Å². The molecule has 22 heavy (non-hydrogen) atoms. The number of hydrogen-bond acceptors (Lipinski definition) is 4. The van der Waals surface area contributed by atoms with E-state index in [1.54, 1.807) is 18.2 Å². The van der Waals surface area contributed by atoms with Crippen LogP contribution in [-0.2, 0) is 6.61 Å². The average Bonchev–Trinajstić information content (AvgIpc) is 2.53. The van der Waals surface area contributed by atoms with Gasteiger partial charge in [-0.15, -0.1) is 0 Å². The normalized spacial score (nSPS) is 10.5. The summed E-state index contributed by atoms with van der Waals surface area (Å²) in [5.74, 6) is -0.743. The first-order valence-electron chi connectivity index (χ1n) is 6.61. The zero-order valence-corrected chi connectivity index (χ0v) is 11.5. The van der Waals surface area contributed by atoms with E-state index in [0.717, 1.165) is 5.56 Å². The monoisotopic (exact) mass is 296 g/mol. The molecule has 110 valence electrons. The summed E-state index contributed by atoms with van der Waals surface area (Å²) >= 11 is 0. The molecule has 0 aliphatic carbocycles. The molecule has 0 unspecified atom stereocenters. The van der Waals surface area contributed by atoms with E-state index in [4.69, 9.17) is 14.3 Å². The Kier molecular flexibility index (Phi) is 3.62. The summed E-state index contributed by atoms with van der Waals surface area (Å²) in [6, 6.07) is 15.9. The fourth-order valence-corrected chi connectivity index (χ4v) is 2.08. The van der Waals surface area contributed by atoms with Crippen LogP contribution in [0.3, 0.4) is 0 Å². The largest absolute Gasteiger partial charge is 0.489 e. The highest BCUT2D eigenvalue weighted by atomic mass is 16.5. The van der Waals surface area contributed by atoms with Crippen LogP contribution in [0.15, 0.2) is 63.8 Å². The van der Waals surface area contributed by atoms with Gasteiger partial charge in [-0.3, -0.25) is 0 Å². The Morgan fingerprint density at radius 2 is 1.86 bits per heavy atom. The van der Waals surface area contributed by atoms with Crippen molar-refractivity contribution in [3.8, 4) is 5.75 Å². The van der Waals surface area contributed by atoms with Gasteiger partial charge in [-0.2, -0.15) is 0 Å². The molecule has 0 saturated heterocycles. The zero-order valence-electron chi connectivity index (χ0n) is 11.5. The second kappa shape index (κ2) is 5.73. The number of benzene rings is 2. The quantitative estimate of drug-likeness (QED) is 0.749. The Balaban J connectivity index is 1.90. The van der Waals surface area contributed by atoms with Crippen molar-refractivity contribution in [2.75, 3.05) is 0 Å². The molecule has 5 heteroatoms. The van der Waals surface area contributed by atoms with Gasteiger partial charge in [0.2, 0.25) is 0 Å². The van der Waals surface area contributed by atoms with E-state index >= 15 is 0 Å². The van der Waals surface area contributed by atoms with E-state index in [1.165, 1.54) is 6.07 Å². The van der Waals surface area contributed by atoms with Crippen LogP contribution in [0.1, 0.15) is 15.9 Å². The summed E-state index contributed by atoms with van der Waals surface area (Å²) in [4.78, 5) is 22.5. The smallest absolute Gasteiger partial charge is 0.351 e. The number of ether oxygens (including phenoxy) is 1. The molecule has 0 atom stereocenters. The van der Waals surface area contributed by atoms with Crippen LogP contribution >= 0.6 is 0 Å². The Bertz CT molecular complexity index is 880. The topological polar surface area (TPSA) is 76.7 Å². The van der Waals surface area contributed by atoms with Gasteiger partial charge in [-0.05, 0) is 29.8 Å². The minimum Gasteiger partial charge on any atom is -0.489 e. The molecule has 1 heterocycles. The number of fused-ring (bicyclic) bond motifs is 1. The molecule has 0 amide bonds. The minimum atomic E-state index is -1.31. The summed E-state index contributed by atoms with van der Waals surface area (Å²) in [5.41, 5.74) is 0.0844. The predicted octanol–water partition coefficient (Wildman–Crippen LogP) is 3.07. The first-order valence-corrected chi connectivity index (χ1v) is 6.61. The van der Waals surface area contributed by atoms with Crippen molar-refractivity contribution < 1.29 is 19.1 Å². The summed E-state index contributed by atoms with van der Waals surface area (Å²) in [6.45, 7) is 0.398. The van der Waals surface area contributed by atoms with Gasteiger partial charge in [-0.1, -0.05) is 30.3 Å². The lowest BCUT2D eigenvalue weighted by atomic mass is 10.2. The highest BCUT2D eigenvalue weighted by Crippen LogP contribution is 2.21. The molecule has 1 aromatic heterocycles. The average molecular weight is 296 g/mol. The lowest BCUT2D eigenvalue weighted by Gasteiger charge is -2.07. The second-order valence-corrected chi connectivity index (χ2v) is 4.73. The van der Waals surface area contributed by atoms with Gasteiger partial charge in [0.15, 0.2) is 0 Å². The van der Waals surface area contributed by atoms with Crippen LogP contribution in [0.2, 0.25) is 0 Å². The Hall–Kier alpha value is -3.08. The van der Waals surface area contributed by atoms with E-state index in [-0.39, 0.29) is 0 Å². The van der Waals surface area contributed by atoms with Crippen molar-refractivity contribution >= 4 is 16.9 Å². The summed E-state index contributed by atoms with van der Waals surface area (Å²) < 4.78 is 10.6. The van der Waals surface area contributed by atoms with Crippen LogP contribution in [0, 0.1) is 0 Å². The van der Waals surface area contributed by atoms with E-state index in [1.807, 2.05) is 30.3 Å². The molecule has 5 nitrogen and oxygen atoms in total. The number of carboxylic acid groups (broad SMARTS) is 1.